The predicted octanol–water partition coefficient (Wildman–Crippen LogP) is 0.497. The van der Waals surface area contributed by atoms with Crippen molar-refractivity contribution in [1.82, 2.24) is 14.5 Å². The Bertz CT molecular complexity index is 789. The smallest absolute Gasteiger partial charge is 0.247 e. The van der Waals surface area contributed by atoms with Crippen LogP contribution < -0.4 is 5.32 Å². The molecular weight excluding hydrogens is 361 g/mol. The van der Waals surface area contributed by atoms with Gasteiger partial charge in [-0.2, -0.15) is 0 Å². The molecule has 0 aromatic heterocycles. The molecule has 1 aromatic rings. The van der Waals surface area contributed by atoms with Crippen LogP contribution >= 0.6 is 0 Å². The van der Waals surface area contributed by atoms with Gasteiger partial charge in [-0.3, -0.25) is 9.59 Å². The Balaban J connectivity index is 1.76. The predicted molar refractivity (Wildman–Crippen MR) is 93.0 cm³/mol. The molecule has 0 aliphatic carbocycles. The van der Waals surface area contributed by atoms with Gasteiger partial charge in [-0.15, -0.1) is 0 Å². The van der Waals surface area contributed by atoms with Crippen molar-refractivity contribution >= 4 is 21.8 Å². The lowest BCUT2D eigenvalue weighted by Crippen LogP contribution is -2.54. The third-order valence-electron chi connectivity index (χ3n) is 4.95. The number of benzene rings is 1. The second-order valence-corrected chi connectivity index (χ2v) is 8.70. The van der Waals surface area contributed by atoms with E-state index in [9.17, 15) is 22.4 Å². The Morgan fingerprint density at radius 2 is 1.77 bits per heavy atom. The molecule has 0 spiro atoms. The molecule has 1 atom stereocenters. The van der Waals surface area contributed by atoms with Crippen LogP contribution in [0.3, 0.4) is 0 Å². The van der Waals surface area contributed by atoms with Crippen molar-refractivity contribution in [1.29, 1.82) is 0 Å². The van der Waals surface area contributed by atoms with Crippen LogP contribution in [0.25, 0.3) is 0 Å². The highest BCUT2D eigenvalue weighted by molar-refractivity contribution is 7.88. The van der Waals surface area contributed by atoms with Crippen LogP contribution in [-0.4, -0.2) is 61.9 Å². The highest BCUT2D eigenvalue weighted by Gasteiger charge is 2.38. The summed E-state index contributed by atoms with van der Waals surface area (Å²) in [5.41, 5.74) is 0.561. The number of hydrogen-bond acceptors (Lipinski definition) is 4. The molecule has 0 bridgehead atoms. The molecule has 2 fully saturated rings. The van der Waals surface area contributed by atoms with Gasteiger partial charge in [0.15, 0.2) is 0 Å². The Kier molecular flexibility index (Phi) is 5.29. The van der Waals surface area contributed by atoms with Gasteiger partial charge in [-0.1, -0.05) is 12.1 Å². The lowest BCUT2D eigenvalue weighted by Gasteiger charge is -2.39. The maximum Gasteiger partial charge on any atom is 0.247 e. The molecule has 1 N–H and O–H groups in total. The van der Waals surface area contributed by atoms with Crippen LogP contribution in [0.5, 0.6) is 0 Å². The zero-order chi connectivity index (χ0) is 18.9. The minimum Gasteiger partial charge on any atom is -0.352 e. The molecule has 9 heteroatoms. The van der Waals surface area contributed by atoms with Crippen molar-refractivity contribution in [2.45, 2.75) is 18.9 Å². The number of carbonyl (C=O) groups is 2. The molecule has 142 valence electrons. The lowest BCUT2D eigenvalue weighted by atomic mass is 9.93. The summed E-state index contributed by atoms with van der Waals surface area (Å²) in [6.07, 6.45) is 2.02. The molecule has 2 amide bonds. The molecule has 2 aliphatic rings. The number of nitrogens with zero attached hydrogens (tertiary/aromatic N) is 2. The largest absolute Gasteiger partial charge is 0.352 e. The first-order valence-corrected chi connectivity index (χ1v) is 10.4. The van der Waals surface area contributed by atoms with Gasteiger partial charge < -0.3 is 10.2 Å². The van der Waals surface area contributed by atoms with E-state index >= 15 is 0 Å². The fourth-order valence-electron chi connectivity index (χ4n) is 3.55. The number of amides is 2. The van der Waals surface area contributed by atoms with Gasteiger partial charge in [0.05, 0.1) is 6.26 Å². The van der Waals surface area contributed by atoms with Crippen molar-refractivity contribution in [3.63, 3.8) is 0 Å². The summed E-state index contributed by atoms with van der Waals surface area (Å²) < 4.78 is 37.8. The molecule has 7 nitrogen and oxygen atoms in total. The third-order valence-corrected chi connectivity index (χ3v) is 6.26. The van der Waals surface area contributed by atoms with E-state index in [4.69, 9.17) is 0 Å². The Morgan fingerprint density at radius 3 is 2.35 bits per heavy atom. The first-order chi connectivity index (χ1) is 12.3. The van der Waals surface area contributed by atoms with E-state index in [-0.39, 0.29) is 17.7 Å². The molecule has 2 saturated heterocycles. The zero-order valence-electron chi connectivity index (χ0n) is 14.5. The fraction of sp³-hybridized carbons (Fsp3) is 0.529. The average molecular weight is 383 g/mol. The number of carbonyl (C=O) groups excluding carboxylic acids is 2. The second kappa shape index (κ2) is 7.32. The van der Waals surface area contributed by atoms with Crippen molar-refractivity contribution in [3.05, 3.63) is 35.6 Å². The van der Waals surface area contributed by atoms with E-state index in [0.29, 0.717) is 44.6 Å². The van der Waals surface area contributed by atoms with Crippen LogP contribution in [0.4, 0.5) is 4.39 Å². The highest BCUT2D eigenvalue weighted by atomic mass is 32.2. The molecule has 3 rings (SSSR count). The maximum atomic E-state index is 13.2. The Hall–Kier alpha value is -2.00. The molecule has 1 unspecified atom stereocenters. The van der Waals surface area contributed by atoms with Crippen molar-refractivity contribution in [3.8, 4) is 0 Å². The van der Waals surface area contributed by atoms with Crippen molar-refractivity contribution in [2.24, 2.45) is 5.92 Å². The van der Waals surface area contributed by atoms with E-state index in [2.05, 4.69) is 5.32 Å². The molecule has 0 saturated carbocycles. The molecule has 0 radical (unpaired) electrons. The van der Waals surface area contributed by atoms with Gasteiger partial charge >= 0.3 is 0 Å². The number of piperazine rings is 1. The van der Waals surface area contributed by atoms with Crippen molar-refractivity contribution < 1.29 is 22.4 Å². The minimum absolute atomic E-state index is 0.151. The maximum absolute atomic E-state index is 13.2. The van der Waals surface area contributed by atoms with E-state index in [1.54, 1.807) is 0 Å². The van der Waals surface area contributed by atoms with Gasteiger partial charge in [0.1, 0.15) is 11.9 Å². The summed E-state index contributed by atoms with van der Waals surface area (Å²) >= 11 is 0. The highest BCUT2D eigenvalue weighted by Crippen LogP contribution is 2.29. The molecular formula is C17H22FN3O4S. The van der Waals surface area contributed by atoms with Crippen LogP contribution in [0.2, 0.25) is 0 Å². The van der Waals surface area contributed by atoms with E-state index in [1.807, 2.05) is 0 Å². The third kappa shape index (κ3) is 3.88. The van der Waals surface area contributed by atoms with Crippen LogP contribution in [0.1, 0.15) is 24.4 Å². The standard InChI is InChI=1S/C17H22FN3O4S/c1-26(24,25)20-9-6-13(7-10-20)17(23)21-11-8-19-16(22)15(21)12-2-4-14(18)5-3-12/h2-5,13,15H,6-11H2,1H3,(H,19,22). The first-order valence-electron chi connectivity index (χ1n) is 8.56. The van der Waals surface area contributed by atoms with Gasteiger partial charge in [0.25, 0.3) is 0 Å². The van der Waals surface area contributed by atoms with E-state index in [0.717, 1.165) is 6.26 Å². The number of rotatable bonds is 3. The van der Waals surface area contributed by atoms with E-state index < -0.39 is 21.9 Å². The topological polar surface area (TPSA) is 86.8 Å². The summed E-state index contributed by atoms with van der Waals surface area (Å²) in [6, 6.07) is 4.77. The summed E-state index contributed by atoms with van der Waals surface area (Å²) in [7, 11) is -3.26. The minimum atomic E-state index is -3.26. The Morgan fingerprint density at radius 1 is 1.15 bits per heavy atom. The van der Waals surface area contributed by atoms with E-state index in [1.165, 1.54) is 33.5 Å². The van der Waals surface area contributed by atoms with Crippen LogP contribution in [0, 0.1) is 11.7 Å². The molecule has 26 heavy (non-hydrogen) atoms. The van der Waals surface area contributed by atoms with Gasteiger partial charge in [0.2, 0.25) is 21.8 Å². The Labute approximate surface area is 152 Å². The fourth-order valence-corrected chi connectivity index (χ4v) is 4.42. The SMILES string of the molecule is CS(=O)(=O)N1CCC(C(=O)N2CCNC(=O)C2c2ccc(F)cc2)CC1. The van der Waals surface area contributed by atoms with Gasteiger partial charge in [-0.05, 0) is 30.5 Å². The first kappa shape index (κ1) is 18.8. The zero-order valence-corrected chi connectivity index (χ0v) is 15.3. The second-order valence-electron chi connectivity index (χ2n) is 6.71. The van der Waals surface area contributed by atoms with Gasteiger partial charge in [0, 0.05) is 32.1 Å². The number of hydrogen-bond donors (Lipinski definition) is 1. The summed E-state index contributed by atoms with van der Waals surface area (Å²) in [5, 5.41) is 2.75. The molecule has 2 aliphatic heterocycles. The normalized spacial score (nSPS) is 22.9. The number of nitrogens with one attached hydrogen (secondary N) is 1. The van der Waals surface area contributed by atoms with Gasteiger partial charge in [-0.25, -0.2) is 17.1 Å². The number of sulfonamides is 1. The monoisotopic (exact) mass is 383 g/mol. The lowest BCUT2D eigenvalue weighted by molar-refractivity contribution is -0.147. The quantitative estimate of drug-likeness (QED) is 0.823. The number of piperidine rings is 1. The number of halogens is 1. The van der Waals surface area contributed by atoms with Crippen LogP contribution in [-0.2, 0) is 19.6 Å². The summed E-state index contributed by atoms with van der Waals surface area (Å²) in [4.78, 5) is 26.9. The summed E-state index contributed by atoms with van der Waals surface area (Å²) in [6.45, 7) is 1.34. The average Bonchev–Trinajstić information content (AvgIpc) is 2.61. The summed E-state index contributed by atoms with van der Waals surface area (Å²) in [5.74, 6) is -1.16. The molecule has 1 aromatic carbocycles. The van der Waals surface area contributed by atoms with Crippen molar-refractivity contribution in [2.75, 3.05) is 32.4 Å². The molecule has 2 heterocycles. The van der Waals surface area contributed by atoms with Crippen LogP contribution in [0.15, 0.2) is 24.3 Å².